The fraction of sp³-hybridized carbons (Fsp3) is 0.438. The molecule has 0 aliphatic carbocycles. The van der Waals surface area contributed by atoms with Crippen molar-refractivity contribution < 1.29 is 23.9 Å². The van der Waals surface area contributed by atoms with Crippen LogP contribution < -0.4 is 10.6 Å². The molecule has 1 rings (SSSR count). The van der Waals surface area contributed by atoms with Crippen LogP contribution in [0.25, 0.3) is 0 Å². The van der Waals surface area contributed by atoms with Crippen LogP contribution in [0.1, 0.15) is 37.0 Å². The highest BCUT2D eigenvalue weighted by Gasteiger charge is 2.25. The molecule has 0 heterocycles. The molecule has 0 spiro atoms. The number of carboxylic acids is 1. The molecule has 0 bridgehead atoms. The first kappa shape index (κ1) is 18.6. The number of carbonyl (C=O) groups excluding carboxylic acids is 2. The van der Waals surface area contributed by atoms with Gasteiger partial charge in [-0.05, 0) is 24.5 Å². The number of halogens is 1. The molecule has 0 radical (unpaired) electrons. The number of nitrogens with one attached hydrogen (secondary N) is 2. The quantitative estimate of drug-likeness (QED) is 0.632. The van der Waals surface area contributed by atoms with Crippen molar-refractivity contribution in [2.75, 3.05) is 6.54 Å². The third-order valence-electron chi connectivity index (χ3n) is 3.22. The van der Waals surface area contributed by atoms with E-state index in [1.165, 1.54) is 24.3 Å². The molecule has 1 atom stereocenters. The molecule has 1 aromatic rings. The molecule has 1 aromatic carbocycles. The van der Waals surface area contributed by atoms with Crippen molar-refractivity contribution in [1.82, 2.24) is 10.6 Å². The number of amides is 2. The molecular formula is C16H21FN2O4. The number of benzene rings is 1. The van der Waals surface area contributed by atoms with Gasteiger partial charge < -0.3 is 15.7 Å². The largest absolute Gasteiger partial charge is 0.481 e. The number of aliphatic carboxylic acids is 1. The Morgan fingerprint density at radius 1 is 1.22 bits per heavy atom. The van der Waals surface area contributed by atoms with E-state index in [9.17, 15) is 18.8 Å². The number of carboxylic acid groups (broad SMARTS) is 1. The molecule has 126 valence electrons. The molecule has 3 N–H and O–H groups in total. The maximum Gasteiger partial charge on any atom is 0.303 e. The monoisotopic (exact) mass is 324 g/mol. The molecule has 6 nitrogen and oxygen atoms in total. The smallest absolute Gasteiger partial charge is 0.303 e. The van der Waals surface area contributed by atoms with Gasteiger partial charge >= 0.3 is 5.97 Å². The van der Waals surface area contributed by atoms with Gasteiger partial charge in [0.05, 0.1) is 5.56 Å². The van der Waals surface area contributed by atoms with Gasteiger partial charge in [-0.25, -0.2) is 4.39 Å². The summed E-state index contributed by atoms with van der Waals surface area (Å²) >= 11 is 0. The molecule has 0 saturated carbocycles. The third-order valence-corrected chi connectivity index (χ3v) is 3.22. The summed E-state index contributed by atoms with van der Waals surface area (Å²) in [5, 5.41) is 13.6. The fourth-order valence-electron chi connectivity index (χ4n) is 1.96. The van der Waals surface area contributed by atoms with Crippen molar-refractivity contribution in [2.45, 2.75) is 32.7 Å². The van der Waals surface area contributed by atoms with Gasteiger partial charge in [0.2, 0.25) is 5.91 Å². The summed E-state index contributed by atoms with van der Waals surface area (Å²) < 4.78 is 13.6. The van der Waals surface area contributed by atoms with Crippen molar-refractivity contribution in [3.05, 3.63) is 35.6 Å². The fourth-order valence-corrected chi connectivity index (χ4v) is 1.96. The van der Waals surface area contributed by atoms with Gasteiger partial charge in [0.25, 0.3) is 5.91 Å². The molecule has 23 heavy (non-hydrogen) atoms. The minimum atomic E-state index is -0.937. The number of rotatable bonds is 8. The van der Waals surface area contributed by atoms with Crippen molar-refractivity contribution >= 4 is 17.8 Å². The van der Waals surface area contributed by atoms with E-state index >= 15 is 0 Å². The summed E-state index contributed by atoms with van der Waals surface area (Å²) in [6.07, 6.45) is 0.251. The van der Waals surface area contributed by atoms with E-state index < -0.39 is 29.6 Å². The summed E-state index contributed by atoms with van der Waals surface area (Å²) in [6, 6.07) is 4.69. The Morgan fingerprint density at radius 2 is 1.87 bits per heavy atom. The van der Waals surface area contributed by atoms with E-state index in [-0.39, 0.29) is 24.4 Å². The summed E-state index contributed by atoms with van der Waals surface area (Å²) in [5.41, 5.74) is -0.128. The second-order valence-electron chi connectivity index (χ2n) is 5.46. The lowest BCUT2D eigenvalue weighted by molar-refractivity contribution is -0.137. The van der Waals surface area contributed by atoms with Crippen LogP contribution in [0.2, 0.25) is 0 Å². The van der Waals surface area contributed by atoms with Crippen LogP contribution in [-0.4, -0.2) is 35.5 Å². The molecule has 0 fully saturated rings. The highest BCUT2D eigenvalue weighted by molar-refractivity contribution is 5.97. The van der Waals surface area contributed by atoms with E-state index in [1.54, 1.807) is 13.8 Å². The lowest BCUT2D eigenvalue weighted by Gasteiger charge is -2.21. The van der Waals surface area contributed by atoms with Gasteiger partial charge in [0.1, 0.15) is 11.9 Å². The summed E-state index contributed by atoms with van der Waals surface area (Å²) in [7, 11) is 0. The van der Waals surface area contributed by atoms with Crippen molar-refractivity contribution in [1.29, 1.82) is 0 Å². The Bertz CT molecular complexity index is 575. The van der Waals surface area contributed by atoms with E-state index in [1.807, 2.05) is 0 Å². The van der Waals surface area contributed by atoms with Gasteiger partial charge in [-0.15, -0.1) is 0 Å². The second kappa shape index (κ2) is 8.87. The molecule has 2 amide bonds. The SMILES string of the molecule is CC(C)C(NC(=O)c1ccccc1F)C(=O)NCCCC(=O)O. The van der Waals surface area contributed by atoms with Crippen molar-refractivity contribution in [2.24, 2.45) is 5.92 Å². The van der Waals surface area contributed by atoms with Crippen LogP contribution in [0.5, 0.6) is 0 Å². The minimum Gasteiger partial charge on any atom is -0.481 e. The Hall–Kier alpha value is -2.44. The van der Waals surface area contributed by atoms with Gasteiger partial charge in [-0.2, -0.15) is 0 Å². The number of hydrogen-bond acceptors (Lipinski definition) is 3. The molecule has 0 aliphatic rings. The Labute approximate surface area is 134 Å². The average molecular weight is 324 g/mol. The molecule has 7 heteroatoms. The Balaban J connectivity index is 2.64. The van der Waals surface area contributed by atoms with E-state index in [2.05, 4.69) is 10.6 Å². The van der Waals surface area contributed by atoms with Gasteiger partial charge in [-0.3, -0.25) is 14.4 Å². The molecular weight excluding hydrogens is 303 g/mol. The zero-order valence-electron chi connectivity index (χ0n) is 13.1. The first-order valence-electron chi connectivity index (χ1n) is 7.37. The lowest BCUT2D eigenvalue weighted by atomic mass is 10.0. The molecule has 0 aromatic heterocycles. The van der Waals surface area contributed by atoms with E-state index in [0.29, 0.717) is 6.42 Å². The van der Waals surface area contributed by atoms with E-state index in [4.69, 9.17) is 5.11 Å². The summed E-state index contributed by atoms with van der Waals surface area (Å²) in [5.74, 6) is -2.88. The van der Waals surface area contributed by atoms with Crippen molar-refractivity contribution in [3.8, 4) is 0 Å². The van der Waals surface area contributed by atoms with Crippen LogP contribution in [0.4, 0.5) is 4.39 Å². The normalized spacial score (nSPS) is 11.8. The standard InChI is InChI=1S/C16H21FN2O4/c1-10(2)14(16(23)18-9-5-8-13(20)21)19-15(22)11-6-3-4-7-12(11)17/h3-4,6-7,10,14H,5,8-9H2,1-2H3,(H,18,23)(H,19,22)(H,20,21). The number of hydrogen-bond donors (Lipinski definition) is 3. The first-order chi connectivity index (χ1) is 10.8. The van der Waals surface area contributed by atoms with Gasteiger partial charge in [0.15, 0.2) is 0 Å². The van der Waals surface area contributed by atoms with E-state index in [0.717, 1.165) is 0 Å². The maximum atomic E-state index is 13.6. The molecule has 1 unspecified atom stereocenters. The summed E-state index contributed by atoms with van der Waals surface area (Å²) in [6.45, 7) is 3.70. The van der Waals surface area contributed by atoms with Crippen LogP contribution in [0, 0.1) is 11.7 Å². The molecule has 0 aliphatic heterocycles. The topological polar surface area (TPSA) is 95.5 Å². The summed E-state index contributed by atoms with van der Waals surface area (Å²) in [4.78, 5) is 34.6. The average Bonchev–Trinajstić information content (AvgIpc) is 2.48. The zero-order chi connectivity index (χ0) is 17.4. The highest BCUT2D eigenvalue weighted by Crippen LogP contribution is 2.09. The van der Waals surface area contributed by atoms with Crippen LogP contribution in [-0.2, 0) is 9.59 Å². The lowest BCUT2D eigenvalue weighted by Crippen LogP contribution is -2.50. The highest BCUT2D eigenvalue weighted by atomic mass is 19.1. The third kappa shape index (κ3) is 6.06. The van der Waals surface area contributed by atoms with Crippen LogP contribution >= 0.6 is 0 Å². The van der Waals surface area contributed by atoms with Gasteiger partial charge in [-0.1, -0.05) is 26.0 Å². The van der Waals surface area contributed by atoms with Gasteiger partial charge in [0, 0.05) is 13.0 Å². The predicted molar refractivity (Wildman–Crippen MR) is 82.4 cm³/mol. The zero-order valence-corrected chi connectivity index (χ0v) is 13.1. The molecule has 0 saturated heterocycles. The maximum absolute atomic E-state index is 13.6. The van der Waals surface area contributed by atoms with Crippen molar-refractivity contribution in [3.63, 3.8) is 0 Å². The predicted octanol–water partition coefficient (Wildman–Crippen LogP) is 1.56. The minimum absolute atomic E-state index is 0.0474. The Kier molecular flexibility index (Phi) is 7.18. The first-order valence-corrected chi connectivity index (χ1v) is 7.37. The van der Waals surface area contributed by atoms with Crippen LogP contribution in [0.15, 0.2) is 24.3 Å². The number of carbonyl (C=O) groups is 3. The Morgan fingerprint density at radius 3 is 2.43 bits per heavy atom. The second-order valence-corrected chi connectivity index (χ2v) is 5.46. The van der Waals surface area contributed by atoms with Crippen LogP contribution in [0.3, 0.4) is 0 Å².